The molecule has 1 aliphatic heterocycles. The van der Waals surface area contributed by atoms with Gasteiger partial charge in [0.05, 0.1) is 5.69 Å². The first-order chi connectivity index (χ1) is 13.7. The van der Waals surface area contributed by atoms with Gasteiger partial charge in [-0.3, -0.25) is 0 Å². The molecule has 0 aliphatic carbocycles. The second-order valence-corrected chi connectivity index (χ2v) is 6.68. The van der Waals surface area contributed by atoms with E-state index in [-0.39, 0.29) is 6.09 Å². The summed E-state index contributed by atoms with van der Waals surface area (Å²) in [4.78, 5) is 25.5. The van der Waals surface area contributed by atoms with Crippen LogP contribution in [-0.4, -0.2) is 47.1 Å². The van der Waals surface area contributed by atoms with Crippen molar-refractivity contribution in [3.8, 4) is 17.0 Å². The van der Waals surface area contributed by atoms with Gasteiger partial charge in [0, 0.05) is 37.8 Å². The van der Waals surface area contributed by atoms with E-state index in [1.54, 1.807) is 17.0 Å². The molecule has 0 bridgehead atoms. The highest BCUT2D eigenvalue weighted by atomic mass is 16.6. The highest BCUT2D eigenvalue weighted by Crippen LogP contribution is 2.23. The molecule has 2 heterocycles. The van der Waals surface area contributed by atoms with Crippen LogP contribution in [0.5, 0.6) is 5.75 Å². The van der Waals surface area contributed by atoms with Crippen LogP contribution >= 0.6 is 0 Å². The van der Waals surface area contributed by atoms with Crippen LogP contribution in [-0.2, 0) is 0 Å². The summed E-state index contributed by atoms with van der Waals surface area (Å²) in [5.41, 5.74) is 1.98. The van der Waals surface area contributed by atoms with E-state index in [1.807, 2.05) is 61.5 Å². The lowest BCUT2D eigenvalue weighted by Crippen LogP contribution is -2.50. The topological polar surface area (TPSA) is 58.6 Å². The van der Waals surface area contributed by atoms with E-state index in [9.17, 15) is 4.79 Å². The molecule has 0 radical (unpaired) electrons. The smallest absolute Gasteiger partial charge is 0.410 e. The Balaban J connectivity index is 1.42. The normalized spacial score (nSPS) is 14.0. The Morgan fingerprint density at radius 1 is 0.893 bits per heavy atom. The molecule has 3 aromatic rings. The number of aromatic nitrogens is 2. The summed E-state index contributed by atoms with van der Waals surface area (Å²) in [7, 11) is 0. The molecule has 1 aromatic heterocycles. The summed E-state index contributed by atoms with van der Waals surface area (Å²) in [6.07, 6.45) is -0.310. The fourth-order valence-corrected chi connectivity index (χ4v) is 3.24. The van der Waals surface area contributed by atoms with Gasteiger partial charge in [0.25, 0.3) is 0 Å². The first-order valence-corrected chi connectivity index (χ1v) is 9.37. The van der Waals surface area contributed by atoms with Crippen LogP contribution in [0.15, 0.2) is 66.7 Å². The molecule has 1 saturated heterocycles. The molecule has 0 unspecified atom stereocenters. The average molecular weight is 374 g/mol. The molecule has 1 aliphatic rings. The van der Waals surface area contributed by atoms with Crippen LogP contribution in [0.1, 0.15) is 5.82 Å². The lowest BCUT2D eigenvalue weighted by molar-refractivity contribution is 0.149. The fourth-order valence-electron chi connectivity index (χ4n) is 3.24. The van der Waals surface area contributed by atoms with Gasteiger partial charge >= 0.3 is 6.09 Å². The third-order valence-electron chi connectivity index (χ3n) is 4.70. The van der Waals surface area contributed by atoms with Gasteiger partial charge in [0.15, 0.2) is 0 Å². The Kier molecular flexibility index (Phi) is 5.19. The summed E-state index contributed by atoms with van der Waals surface area (Å²) in [6, 6.07) is 21.3. The van der Waals surface area contributed by atoms with E-state index in [2.05, 4.69) is 14.9 Å². The van der Waals surface area contributed by atoms with Gasteiger partial charge in [-0.15, -0.1) is 0 Å². The Morgan fingerprint density at radius 2 is 1.54 bits per heavy atom. The highest BCUT2D eigenvalue weighted by molar-refractivity contribution is 5.71. The second kappa shape index (κ2) is 8.08. The van der Waals surface area contributed by atoms with Crippen LogP contribution in [0.3, 0.4) is 0 Å². The predicted octanol–water partition coefficient (Wildman–Crippen LogP) is 3.77. The van der Waals surface area contributed by atoms with Gasteiger partial charge in [-0.1, -0.05) is 48.5 Å². The Hall–Kier alpha value is -3.41. The Morgan fingerprint density at radius 3 is 2.21 bits per heavy atom. The van der Waals surface area contributed by atoms with Gasteiger partial charge in [-0.25, -0.2) is 14.8 Å². The number of hydrogen-bond acceptors (Lipinski definition) is 5. The van der Waals surface area contributed by atoms with Crippen molar-refractivity contribution in [3.05, 3.63) is 72.6 Å². The predicted molar refractivity (Wildman–Crippen MR) is 108 cm³/mol. The van der Waals surface area contributed by atoms with E-state index in [0.717, 1.165) is 22.9 Å². The van der Waals surface area contributed by atoms with E-state index < -0.39 is 0 Å². The monoisotopic (exact) mass is 374 g/mol. The zero-order chi connectivity index (χ0) is 19.3. The van der Waals surface area contributed by atoms with Crippen molar-refractivity contribution in [1.82, 2.24) is 14.9 Å². The number of piperazine rings is 1. The van der Waals surface area contributed by atoms with E-state index in [1.165, 1.54) is 0 Å². The lowest BCUT2D eigenvalue weighted by Gasteiger charge is -2.34. The summed E-state index contributed by atoms with van der Waals surface area (Å²) in [6.45, 7) is 4.50. The van der Waals surface area contributed by atoms with Gasteiger partial charge in [0.1, 0.15) is 17.4 Å². The van der Waals surface area contributed by atoms with Crippen molar-refractivity contribution in [2.75, 3.05) is 31.1 Å². The summed E-state index contributed by atoms with van der Waals surface area (Å²) >= 11 is 0. The van der Waals surface area contributed by atoms with Crippen LogP contribution < -0.4 is 9.64 Å². The maximum absolute atomic E-state index is 12.4. The first kappa shape index (κ1) is 18.0. The third-order valence-corrected chi connectivity index (χ3v) is 4.70. The van der Waals surface area contributed by atoms with Crippen molar-refractivity contribution >= 4 is 11.9 Å². The SMILES string of the molecule is Cc1nc(-c2ccccc2)cc(N2CCN(C(=O)Oc3ccccc3)CC2)n1. The van der Waals surface area contributed by atoms with Crippen LogP contribution in [0, 0.1) is 6.92 Å². The molecule has 1 amide bonds. The number of aryl methyl sites for hydroxylation is 1. The Labute approximate surface area is 164 Å². The van der Waals surface area contributed by atoms with Crippen molar-refractivity contribution in [1.29, 1.82) is 0 Å². The van der Waals surface area contributed by atoms with Crippen molar-refractivity contribution in [2.45, 2.75) is 6.92 Å². The number of para-hydroxylation sites is 1. The molecule has 6 nitrogen and oxygen atoms in total. The summed E-state index contributed by atoms with van der Waals surface area (Å²) in [5, 5.41) is 0. The molecule has 1 fully saturated rings. The molecule has 0 N–H and O–H groups in total. The van der Waals surface area contributed by atoms with Crippen LogP contribution in [0.2, 0.25) is 0 Å². The zero-order valence-electron chi connectivity index (χ0n) is 15.8. The van der Waals surface area contributed by atoms with Gasteiger partial charge < -0.3 is 14.5 Å². The highest BCUT2D eigenvalue weighted by Gasteiger charge is 2.24. The average Bonchev–Trinajstić information content (AvgIpc) is 2.75. The van der Waals surface area contributed by atoms with E-state index in [4.69, 9.17) is 4.74 Å². The molecule has 6 heteroatoms. The number of ether oxygens (including phenoxy) is 1. The summed E-state index contributed by atoms with van der Waals surface area (Å²) < 4.78 is 5.43. The fraction of sp³-hybridized carbons (Fsp3) is 0.227. The van der Waals surface area contributed by atoms with Crippen LogP contribution in [0.4, 0.5) is 10.6 Å². The minimum Gasteiger partial charge on any atom is -0.410 e. The largest absolute Gasteiger partial charge is 0.415 e. The number of anilines is 1. The maximum atomic E-state index is 12.4. The maximum Gasteiger partial charge on any atom is 0.415 e. The van der Waals surface area contributed by atoms with Crippen molar-refractivity contribution < 1.29 is 9.53 Å². The molecule has 0 saturated carbocycles. The van der Waals surface area contributed by atoms with Crippen molar-refractivity contribution in [2.24, 2.45) is 0 Å². The molecule has 142 valence electrons. The lowest BCUT2D eigenvalue weighted by atomic mass is 10.1. The zero-order valence-corrected chi connectivity index (χ0v) is 15.8. The molecule has 0 spiro atoms. The molecule has 0 atom stereocenters. The number of carbonyl (C=O) groups excluding carboxylic acids is 1. The second-order valence-electron chi connectivity index (χ2n) is 6.68. The first-order valence-electron chi connectivity index (χ1n) is 9.37. The number of carbonyl (C=O) groups is 1. The number of amides is 1. The third kappa shape index (κ3) is 4.11. The van der Waals surface area contributed by atoms with Crippen molar-refractivity contribution in [3.63, 3.8) is 0 Å². The molecular weight excluding hydrogens is 352 g/mol. The van der Waals surface area contributed by atoms with Gasteiger partial charge in [0.2, 0.25) is 0 Å². The number of nitrogens with zero attached hydrogens (tertiary/aromatic N) is 4. The number of rotatable bonds is 3. The van der Waals surface area contributed by atoms with Gasteiger partial charge in [-0.05, 0) is 19.1 Å². The molecule has 28 heavy (non-hydrogen) atoms. The molecule has 4 rings (SSSR count). The van der Waals surface area contributed by atoms with E-state index in [0.29, 0.717) is 31.9 Å². The summed E-state index contributed by atoms with van der Waals surface area (Å²) in [5.74, 6) is 2.19. The minimum absolute atomic E-state index is 0.310. The molecular formula is C22H22N4O2. The number of hydrogen-bond donors (Lipinski definition) is 0. The quantitative estimate of drug-likeness (QED) is 0.698. The Bertz CT molecular complexity index is 939. The minimum atomic E-state index is -0.310. The number of benzene rings is 2. The molecule has 2 aromatic carbocycles. The standard InChI is InChI=1S/C22H22N4O2/c1-17-23-20(18-8-4-2-5-9-18)16-21(24-17)25-12-14-26(15-13-25)22(27)28-19-10-6-3-7-11-19/h2-11,16H,12-15H2,1H3. The van der Waals surface area contributed by atoms with E-state index >= 15 is 0 Å². The van der Waals surface area contributed by atoms with Crippen LogP contribution in [0.25, 0.3) is 11.3 Å². The van der Waals surface area contributed by atoms with Gasteiger partial charge in [-0.2, -0.15) is 0 Å².